The molecule has 1 fully saturated rings. The van der Waals surface area contributed by atoms with Gasteiger partial charge in [-0.3, -0.25) is 4.79 Å². The van der Waals surface area contributed by atoms with Crippen molar-refractivity contribution < 1.29 is 30.0 Å². The Hall–Kier alpha value is -3.07. The minimum absolute atomic E-state index is 0.130. The van der Waals surface area contributed by atoms with Crippen LogP contribution in [0.3, 0.4) is 0 Å². The molecule has 7 nitrogen and oxygen atoms in total. The Labute approximate surface area is 198 Å². The highest BCUT2D eigenvalue weighted by atomic mass is 16.5. The summed E-state index contributed by atoms with van der Waals surface area (Å²) in [6, 6.07) is 21.0. The highest BCUT2D eigenvalue weighted by Gasteiger charge is 2.43. The van der Waals surface area contributed by atoms with Gasteiger partial charge in [0.25, 0.3) is 5.91 Å². The molecule has 7 heteroatoms. The third kappa shape index (κ3) is 4.61. The van der Waals surface area contributed by atoms with Gasteiger partial charge in [-0.05, 0) is 52.4 Å². The van der Waals surface area contributed by atoms with Gasteiger partial charge in [0.05, 0.1) is 6.61 Å². The van der Waals surface area contributed by atoms with Crippen molar-refractivity contribution in [3.05, 3.63) is 83.4 Å². The van der Waals surface area contributed by atoms with Crippen LogP contribution >= 0.6 is 0 Å². The van der Waals surface area contributed by atoms with Crippen molar-refractivity contribution in [3.63, 3.8) is 0 Å². The standard InChI is InChI=1S/C27H29NO6/c1-15-12-19(18-4-3-5-20(13-18)27(33)28-2)10-11-21(15)16-6-8-17(9-7-16)26-25(32)24(31)23(30)22(14-29)34-26/h3-13,22-26,29-32H,14H2,1-2H3,(H,28,33). The van der Waals surface area contributed by atoms with Crippen LogP contribution in [0.25, 0.3) is 22.3 Å². The number of aliphatic hydroxyl groups excluding tert-OH is 4. The van der Waals surface area contributed by atoms with Gasteiger partial charge in [-0.15, -0.1) is 0 Å². The molecule has 1 aliphatic rings. The van der Waals surface area contributed by atoms with E-state index in [1.54, 1.807) is 13.1 Å². The molecule has 5 unspecified atom stereocenters. The molecule has 1 saturated heterocycles. The van der Waals surface area contributed by atoms with Gasteiger partial charge in [0.2, 0.25) is 0 Å². The normalized spacial score (nSPS) is 24.6. The molecule has 1 aliphatic heterocycles. The monoisotopic (exact) mass is 463 g/mol. The highest BCUT2D eigenvalue weighted by Crippen LogP contribution is 2.34. The number of carbonyl (C=O) groups excluding carboxylic acids is 1. The Morgan fingerprint density at radius 2 is 1.56 bits per heavy atom. The van der Waals surface area contributed by atoms with Crippen LogP contribution < -0.4 is 5.32 Å². The summed E-state index contributed by atoms with van der Waals surface area (Å²) in [5.74, 6) is -0.130. The van der Waals surface area contributed by atoms with E-state index in [1.165, 1.54) is 0 Å². The third-order valence-corrected chi connectivity index (χ3v) is 6.35. The zero-order valence-electron chi connectivity index (χ0n) is 19.1. The van der Waals surface area contributed by atoms with Crippen LogP contribution in [0.2, 0.25) is 0 Å². The van der Waals surface area contributed by atoms with E-state index in [2.05, 4.69) is 11.4 Å². The molecule has 178 valence electrons. The number of hydrogen-bond acceptors (Lipinski definition) is 6. The van der Waals surface area contributed by atoms with Crippen LogP contribution in [0.1, 0.15) is 27.6 Å². The number of hydrogen-bond donors (Lipinski definition) is 5. The lowest BCUT2D eigenvalue weighted by Gasteiger charge is -2.40. The van der Waals surface area contributed by atoms with E-state index >= 15 is 0 Å². The van der Waals surface area contributed by atoms with Gasteiger partial charge in [0.1, 0.15) is 30.5 Å². The maximum absolute atomic E-state index is 12.0. The molecule has 3 aromatic rings. The molecule has 4 rings (SSSR count). The Morgan fingerprint density at radius 1 is 0.882 bits per heavy atom. The fourth-order valence-electron chi connectivity index (χ4n) is 4.38. The van der Waals surface area contributed by atoms with Crippen LogP contribution in [0, 0.1) is 6.92 Å². The zero-order chi connectivity index (χ0) is 24.4. The van der Waals surface area contributed by atoms with Crippen molar-refractivity contribution in [1.29, 1.82) is 0 Å². The number of rotatable bonds is 5. The van der Waals surface area contributed by atoms with Crippen molar-refractivity contribution in [3.8, 4) is 22.3 Å². The van der Waals surface area contributed by atoms with Crippen LogP contribution in [-0.4, -0.2) is 64.4 Å². The number of aliphatic hydroxyl groups is 4. The summed E-state index contributed by atoms with van der Waals surface area (Å²) in [5.41, 5.74) is 6.26. The number of ether oxygens (including phenoxy) is 1. The summed E-state index contributed by atoms with van der Waals surface area (Å²) in [6.07, 6.45) is -5.91. The molecule has 0 aromatic heterocycles. The summed E-state index contributed by atoms with van der Waals surface area (Å²) in [6.45, 7) is 1.56. The first kappa shape index (κ1) is 24.1. The van der Waals surface area contributed by atoms with E-state index in [0.29, 0.717) is 11.1 Å². The first-order valence-corrected chi connectivity index (χ1v) is 11.2. The molecular formula is C27H29NO6. The summed E-state index contributed by atoms with van der Waals surface area (Å²) in [7, 11) is 1.61. The van der Waals surface area contributed by atoms with Crippen molar-refractivity contribution >= 4 is 5.91 Å². The van der Waals surface area contributed by atoms with E-state index in [4.69, 9.17) is 4.74 Å². The predicted molar refractivity (Wildman–Crippen MR) is 128 cm³/mol. The maximum Gasteiger partial charge on any atom is 0.251 e. The molecule has 5 N–H and O–H groups in total. The summed E-state index contributed by atoms with van der Waals surface area (Å²) in [4.78, 5) is 12.0. The van der Waals surface area contributed by atoms with Crippen LogP contribution in [-0.2, 0) is 4.74 Å². The Balaban J connectivity index is 1.57. The number of amides is 1. The molecule has 1 heterocycles. The maximum atomic E-state index is 12.0. The van der Waals surface area contributed by atoms with E-state index in [0.717, 1.165) is 27.8 Å². The van der Waals surface area contributed by atoms with Crippen LogP contribution in [0.15, 0.2) is 66.7 Å². The Morgan fingerprint density at radius 3 is 2.21 bits per heavy atom. The smallest absolute Gasteiger partial charge is 0.251 e. The average molecular weight is 464 g/mol. The van der Waals surface area contributed by atoms with E-state index in [9.17, 15) is 25.2 Å². The van der Waals surface area contributed by atoms with Gasteiger partial charge < -0.3 is 30.5 Å². The number of aryl methyl sites for hydroxylation is 1. The third-order valence-electron chi connectivity index (χ3n) is 6.35. The van der Waals surface area contributed by atoms with E-state index < -0.39 is 37.1 Å². The second-order valence-electron chi connectivity index (χ2n) is 8.56. The zero-order valence-corrected chi connectivity index (χ0v) is 19.1. The van der Waals surface area contributed by atoms with E-state index in [1.807, 2.05) is 61.5 Å². The average Bonchev–Trinajstić information content (AvgIpc) is 2.87. The number of benzene rings is 3. The van der Waals surface area contributed by atoms with Crippen molar-refractivity contribution in [1.82, 2.24) is 5.32 Å². The molecule has 0 spiro atoms. The Kier molecular flexibility index (Phi) is 7.11. The minimum atomic E-state index is -1.41. The van der Waals surface area contributed by atoms with Gasteiger partial charge >= 0.3 is 0 Å². The molecule has 0 radical (unpaired) electrons. The van der Waals surface area contributed by atoms with Crippen molar-refractivity contribution in [2.24, 2.45) is 0 Å². The van der Waals surface area contributed by atoms with Gasteiger partial charge in [0, 0.05) is 12.6 Å². The number of nitrogens with one attached hydrogen (secondary N) is 1. The van der Waals surface area contributed by atoms with Gasteiger partial charge in [-0.25, -0.2) is 0 Å². The summed E-state index contributed by atoms with van der Waals surface area (Å²) in [5, 5.41) is 42.5. The van der Waals surface area contributed by atoms with Gasteiger partial charge in [0.15, 0.2) is 0 Å². The van der Waals surface area contributed by atoms with Crippen molar-refractivity contribution in [2.75, 3.05) is 13.7 Å². The molecule has 0 aliphatic carbocycles. The lowest BCUT2D eigenvalue weighted by molar-refractivity contribution is -0.231. The SMILES string of the molecule is CNC(=O)c1cccc(-c2ccc(-c3ccc(C4OC(CO)C(O)C(O)C4O)cc3)c(C)c2)c1. The fourth-order valence-corrected chi connectivity index (χ4v) is 4.38. The second kappa shape index (κ2) is 10.0. The molecule has 1 amide bonds. The summed E-state index contributed by atoms with van der Waals surface area (Å²) >= 11 is 0. The van der Waals surface area contributed by atoms with Crippen LogP contribution in [0.5, 0.6) is 0 Å². The first-order chi connectivity index (χ1) is 16.3. The lowest BCUT2D eigenvalue weighted by atomic mass is 9.90. The molecular weight excluding hydrogens is 434 g/mol. The van der Waals surface area contributed by atoms with Gasteiger partial charge in [-0.2, -0.15) is 0 Å². The predicted octanol–water partition coefficient (Wildman–Crippen LogP) is 2.20. The molecule has 3 aromatic carbocycles. The quantitative estimate of drug-likeness (QED) is 0.396. The van der Waals surface area contributed by atoms with E-state index in [-0.39, 0.29) is 5.91 Å². The molecule has 34 heavy (non-hydrogen) atoms. The second-order valence-corrected chi connectivity index (χ2v) is 8.56. The molecule has 0 bridgehead atoms. The topological polar surface area (TPSA) is 119 Å². The minimum Gasteiger partial charge on any atom is -0.394 e. The lowest BCUT2D eigenvalue weighted by Crippen LogP contribution is -2.55. The number of carbonyl (C=O) groups is 1. The van der Waals surface area contributed by atoms with Crippen molar-refractivity contribution in [2.45, 2.75) is 37.4 Å². The largest absolute Gasteiger partial charge is 0.394 e. The first-order valence-electron chi connectivity index (χ1n) is 11.2. The summed E-state index contributed by atoms with van der Waals surface area (Å²) < 4.78 is 5.65. The Bertz CT molecular complexity index is 1160. The fraction of sp³-hybridized carbons (Fsp3) is 0.296. The highest BCUT2D eigenvalue weighted by molar-refractivity contribution is 5.95. The molecule has 5 atom stereocenters. The van der Waals surface area contributed by atoms with Crippen LogP contribution in [0.4, 0.5) is 0 Å². The van der Waals surface area contributed by atoms with Gasteiger partial charge in [-0.1, -0.05) is 54.6 Å². The molecule has 0 saturated carbocycles.